The van der Waals surface area contributed by atoms with E-state index in [9.17, 15) is 0 Å². The molecule has 0 radical (unpaired) electrons. The molecule has 88 valence electrons. The first-order valence-electron chi connectivity index (χ1n) is 5.38. The van der Waals surface area contributed by atoms with Gasteiger partial charge in [0.05, 0.1) is 25.6 Å². The van der Waals surface area contributed by atoms with E-state index < -0.39 is 0 Å². The lowest BCUT2D eigenvalue weighted by atomic mass is 10.2. The third-order valence-electron chi connectivity index (χ3n) is 2.99. The van der Waals surface area contributed by atoms with Gasteiger partial charge in [0, 0.05) is 17.7 Å². The van der Waals surface area contributed by atoms with Crippen LogP contribution in [0.1, 0.15) is 19.8 Å². The maximum Gasteiger partial charge on any atom is 0.162 e. The lowest BCUT2D eigenvalue weighted by molar-refractivity contribution is 0.355. The standard InChI is InChI=1S/C12H18N2O2/c1-12(4-5-12)14-9-7-11(16-3)10(15-2)6-8(9)13/h6-7,14H,4-5,13H2,1-3H3. The first-order chi connectivity index (χ1) is 7.58. The summed E-state index contributed by atoms with van der Waals surface area (Å²) < 4.78 is 10.4. The molecule has 0 aliphatic heterocycles. The minimum absolute atomic E-state index is 0.202. The second-order valence-corrected chi connectivity index (χ2v) is 4.48. The van der Waals surface area contributed by atoms with E-state index in [0.29, 0.717) is 17.2 Å². The third kappa shape index (κ3) is 2.01. The van der Waals surface area contributed by atoms with Crippen LogP contribution in [0.25, 0.3) is 0 Å². The van der Waals surface area contributed by atoms with E-state index in [1.54, 1.807) is 20.3 Å². The molecule has 1 aromatic carbocycles. The zero-order chi connectivity index (χ0) is 11.8. The van der Waals surface area contributed by atoms with E-state index in [4.69, 9.17) is 15.2 Å². The number of rotatable bonds is 4. The van der Waals surface area contributed by atoms with E-state index in [2.05, 4.69) is 12.2 Å². The topological polar surface area (TPSA) is 56.5 Å². The van der Waals surface area contributed by atoms with E-state index in [1.165, 1.54) is 12.8 Å². The van der Waals surface area contributed by atoms with Crippen molar-refractivity contribution in [2.24, 2.45) is 0 Å². The molecule has 3 N–H and O–H groups in total. The summed E-state index contributed by atoms with van der Waals surface area (Å²) in [6, 6.07) is 3.67. The van der Waals surface area contributed by atoms with Gasteiger partial charge < -0.3 is 20.5 Å². The molecule has 0 aromatic heterocycles. The Labute approximate surface area is 95.7 Å². The summed E-state index contributed by atoms with van der Waals surface area (Å²) in [5, 5.41) is 3.43. The fraction of sp³-hybridized carbons (Fsp3) is 0.500. The minimum atomic E-state index is 0.202. The number of anilines is 2. The van der Waals surface area contributed by atoms with Crippen LogP contribution >= 0.6 is 0 Å². The number of hydrogen-bond donors (Lipinski definition) is 2. The van der Waals surface area contributed by atoms with Crippen LogP contribution in [0.3, 0.4) is 0 Å². The predicted molar refractivity (Wildman–Crippen MR) is 65.2 cm³/mol. The molecule has 0 unspecified atom stereocenters. The maximum absolute atomic E-state index is 5.96. The first kappa shape index (κ1) is 10.9. The Hall–Kier alpha value is -1.58. The van der Waals surface area contributed by atoms with E-state index in [-0.39, 0.29) is 5.54 Å². The van der Waals surface area contributed by atoms with Gasteiger partial charge in [0.25, 0.3) is 0 Å². The van der Waals surface area contributed by atoms with Crippen molar-refractivity contribution in [2.75, 3.05) is 25.3 Å². The summed E-state index contributed by atoms with van der Waals surface area (Å²) in [7, 11) is 3.23. The molecule has 1 aromatic rings. The van der Waals surface area contributed by atoms with Crippen molar-refractivity contribution >= 4 is 11.4 Å². The number of ether oxygens (including phenoxy) is 2. The van der Waals surface area contributed by atoms with Crippen molar-refractivity contribution in [3.63, 3.8) is 0 Å². The van der Waals surface area contributed by atoms with Gasteiger partial charge in [-0.15, -0.1) is 0 Å². The summed E-state index contributed by atoms with van der Waals surface area (Å²) in [6.07, 6.45) is 2.36. The van der Waals surface area contributed by atoms with Gasteiger partial charge in [0.1, 0.15) is 0 Å². The average molecular weight is 222 g/mol. The van der Waals surface area contributed by atoms with Crippen LogP contribution in [-0.2, 0) is 0 Å². The van der Waals surface area contributed by atoms with Crippen LogP contribution < -0.4 is 20.5 Å². The van der Waals surface area contributed by atoms with Gasteiger partial charge in [-0.2, -0.15) is 0 Å². The van der Waals surface area contributed by atoms with Crippen LogP contribution in [0.2, 0.25) is 0 Å². The molecule has 4 heteroatoms. The summed E-state index contributed by atoms with van der Waals surface area (Å²) >= 11 is 0. The van der Waals surface area contributed by atoms with Gasteiger partial charge in [-0.3, -0.25) is 0 Å². The zero-order valence-electron chi connectivity index (χ0n) is 9.96. The maximum atomic E-state index is 5.96. The summed E-state index contributed by atoms with van der Waals surface area (Å²) in [5.74, 6) is 1.36. The van der Waals surface area contributed by atoms with Crippen LogP contribution in [0.4, 0.5) is 11.4 Å². The fourth-order valence-electron chi connectivity index (χ4n) is 1.64. The Morgan fingerprint density at radius 3 is 2.25 bits per heavy atom. The molecule has 1 aliphatic carbocycles. The van der Waals surface area contributed by atoms with Crippen molar-refractivity contribution in [3.05, 3.63) is 12.1 Å². The second-order valence-electron chi connectivity index (χ2n) is 4.48. The lowest BCUT2D eigenvalue weighted by Crippen LogP contribution is -2.17. The molecule has 0 bridgehead atoms. The third-order valence-corrected chi connectivity index (χ3v) is 2.99. The van der Waals surface area contributed by atoms with Crippen molar-refractivity contribution in [2.45, 2.75) is 25.3 Å². The molecular weight excluding hydrogens is 204 g/mol. The van der Waals surface area contributed by atoms with Gasteiger partial charge in [-0.25, -0.2) is 0 Å². The minimum Gasteiger partial charge on any atom is -0.493 e. The van der Waals surface area contributed by atoms with Gasteiger partial charge in [0.2, 0.25) is 0 Å². The number of nitrogens with one attached hydrogen (secondary N) is 1. The van der Waals surface area contributed by atoms with E-state index in [0.717, 1.165) is 5.69 Å². The number of methoxy groups -OCH3 is 2. The molecule has 0 saturated heterocycles. The number of nitrogen functional groups attached to an aromatic ring is 1. The number of nitrogens with two attached hydrogens (primary N) is 1. The Bertz CT molecular complexity index is 400. The summed E-state index contributed by atoms with van der Waals surface area (Å²) in [5.41, 5.74) is 7.76. The molecule has 2 rings (SSSR count). The van der Waals surface area contributed by atoms with Crippen molar-refractivity contribution in [3.8, 4) is 11.5 Å². The average Bonchev–Trinajstić information content (AvgIpc) is 2.99. The van der Waals surface area contributed by atoms with Crippen molar-refractivity contribution in [1.82, 2.24) is 0 Å². The van der Waals surface area contributed by atoms with Crippen LogP contribution in [0, 0.1) is 0 Å². The normalized spacial score (nSPS) is 16.7. The molecule has 0 spiro atoms. The Balaban J connectivity index is 2.30. The molecule has 1 aliphatic rings. The fourth-order valence-corrected chi connectivity index (χ4v) is 1.64. The van der Waals surface area contributed by atoms with Gasteiger partial charge >= 0.3 is 0 Å². The molecule has 1 saturated carbocycles. The number of benzene rings is 1. The summed E-state index contributed by atoms with van der Waals surface area (Å²) in [6.45, 7) is 2.18. The Kier molecular flexibility index (Phi) is 2.58. The largest absolute Gasteiger partial charge is 0.493 e. The van der Waals surface area contributed by atoms with Gasteiger partial charge in [-0.1, -0.05) is 0 Å². The highest BCUT2D eigenvalue weighted by molar-refractivity contribution is 5.73. The molecule has 0 atom stereocenters. The van der Waals surface area contributed by atoms with Crippen LogP contribution in [0.15, 0.2) is 12.1 Å². The SMILES string of the molecule is COc1cc(N)c(NC2(C)CC2)cc1OC. The molecule has 1 fully saturated rings. The number of hydrogen-bond acceptors (Lipinski definition) is 4. The van der Waals surface area contributed by atoms with Crippen molar-refractivity contribution in [1.29, 1.82) is 0 Å². The highest BCUT2D eigenvalue weighted by Gasteiger charge is 2.37. The van der Waals surface area contributed by atoms with Gasteiger partial charge in [0.15, 0.2) is 11.5 Å². The molecule has 4 nitrogen and oxygen atoms in total. The molecule has 0 amide bonds. The lowest BCUT2D eigenvalue weighted by Gasteiger charge is -2.17. The van der Waals surface area contributed by atoms with E-state index in [1.807, 2.05) is 6.07 Å². The molecular formula is C12H18N2O2. The smallest absolute Gasteiger partial charge is 0.162 e. The highest BCUT2D eigenvalue weighted by atomic mass is 16.5. The van der Waals surface area contributed by atoms with Crippen molar-refractivity contribution < 1.29 is 9.47 Å². The molecule has 16 heavy (non-hydrogen) atoms. The van der Waals surface area contributed by atoms with E-state index >= 15 is 0 Å². The monoisotopic (exact) mass is 222 g/mol. The Morgan fingerprint density at radius 1 is 1.19 bits per heavy atom. The highest BCUT2D eigenvalue weighted by Crippen LogP contribution is 2.42. The van der Waals surface area contributed by atoms with Crippen LogP contribution in [-0.4, -0.2) is 19.8 Å². The summed E-state index contributed by atoms with van der Waals surface area (Å²) in [4.78, 5) is 0. The van der Waals surface area contributed by atoms with Gasteiger partial charge in [-0.05, 0) is 19.8 Å². The second kappa shape index (κ2) is 3.77. The predicted octanol–water partition coefficient (Wildman–Crippen LogP) is 2.25. The van der Waals surface area contributed by atoms with Crippen LogP contribution in [0.5, 0.6) is 11.5 Å². The first-order valence-corrected chi connectivity index (χ1v) is 5.38. The Morgan fingerprint density at radius 2 is 1.75 bits per heavy atom. The zero-order valence-corrected chi connectivity index (χ0v) is 9.96. The molecule has 0 heterocycles. The quantitative estimate of drug-likeness (QED) is 0.767.